The van der Waals surface area contributed by atoms with Gasteiger partial charge in [-0.25, -0.2) is 0 Å². The molecule has 4 rings (SSSR count). The number of furan rings is 1. The molecule has 0 aliphatic carbocycles. The number of likely N-dealkylation sites (tertiary alicyclic amines) is 1. The first-order valence-corrected chi connectivity index (χ1v) is 11.5. The van der Waals surface area contributed by atoms with Crippen LogP contribution >= 0.6 is 0 Å². The average Bonchev–Trinajstić information content (AvgIpc) is 3.40. The van der Waals surface area contributed by atoms with Crippen molar-refractivity contribution in [3.05, 3.63) is 95.4 Å². The predicted molar refractivity (Wildman–Crippen MR) is 128 cm³/mol. The highest BCUT2D eigenvalue weighted by molar-refractivity contribution is 5.98. The Bertz CT molecular complexity index is 1120. The number of hydrogen-bond donors (Lipinski definition) is 2. The standard InChI is InChI=1S/C27H29N3O4/c1-19-7-5-10-22(17-19)25(31)29-24(26(32)28-18-23-11-6-16-34-23)20-12-14-30(15-13-20)27(33)21-8-3-2-4-9-21/h2-11,16-17,20,24H,12-15,18H2,1H3,(H,28,32)(H,29,31)/t24-/m1/s1. The molecule has 1 saturated heterocycles. The Morgan fingerprint density at radius 1 is 0.971 bits per heavy atom. The summed E-state index contributed by atoms with van der Waals surface area (Å²) >= 11 is 0. The number of amides is 3. The minimum atomic E-state index is -0.711. The van der Waals surface area contributed by atoms with Gasteiger partial charge in [0.1, 0.15) is 11.8 Å². The van der Waals surface area contributed by atoms with Crippen molar-refractivity contribution < 1.29 is 18.8 Å². The van der Waals surface area contributed by atoms with Crippen molar-refractivity contribution in [2.45, 2.75) is 32.4 Å². The molecule has 176 valence electrons. The normalized spacial score (nSPS) is 14.9. The minimum absolute atomic E-state index is 0.0123. The average molecular weight is 460 g/mol. The number of nitrogens with zero attached hydrogens (tertiary/aromatic N) is 1. The lowest BCUT2D eigenvalue weighted by atomic mass is 9.88. The van der Waals surface area contributed by atoms with Crippen LogP contribution in [0.25, 0.3) is 0 Å². The topological polar surface area (TPSA) is 91.7 Å². The summed E-state index contributed by atoms with van der Waals surface area (Å²) in [6, 6.07) is 19.3. The Hall–Kier alpha value is -3.87. The maximum Gasteiger partial charge on any atom is 0.253 e. The molecular weight excluding hydrogens is 430 g/mol. The van der Waals surface area contributed by atoms with Crippen LogP contribution in [0.15, 0.2) is 77.4 Å². The second-order valence-corrected chi connectivity index (χ2v) is 8.61. The van der Waals surface area contributed by atoms with E-state index in [0.717, 1.165) is 5.56 Å². The molecular formula is C27H29N3O4. The van der Waals surface area contributed by atoms with E-state index in [1.54, 1.807) is 42.7 Å². The second-order valence-electron chi connectivity index (χ2n) is 8.61. The lowest BCUT2D eigenvalue weighted by Crippen LogP contribution is -2.53. The molecule has 1 aliphatic rings. The summed E-state index contributed by atoms with van der Waals surface area (Å²) in [6.07, 6.45) is 2.79. The van der Waals surface area contributed by atoms with Crippen molar-refractivity contribution in [2.24, 2.45) is 5.92 Å². The fraction of sp³-hybridized carbons (Fsp3) is 0.296. The van der Waals surface area contributed by atoms with Gasteiger partial charge in [0.25, 0.3) is 11.8 Å². The summed E-state index contributed by atoms with van der Waals surface area (Å²) in [4.78, 5) is 40.7. The van der Waals surface area contributed by atoms with Crippen molar-refractivity contribution in [2.75, 3.05) is 13.1 Å². The van der Waals surface area contributed by atoms with E-state index < -0.39 is 6.04 Å². The highest BCUT2D eigenvalue weighted by Gasteiger charge is 2.34. The zero-order valence-corrected chi connectivity index (χ0v) is 19.2. The molecule has 2 aromatic carbocycles. The van der Waals surface area contributed by atoms with Crippen LogP contribution in [0.4, 0.5) is 0 Å². The maximum atomic E-state index is 13.2. The molecule has 0 bridgehead atoms. The Balaban J connectivity index is 1.44. The van der Waals surface area contributed by atoms with Crippen molar-refractivity contribution in [1.82, 2.24) is 15.5 Å². The largest absolute Gasteiger partial charge is 0.467 e. The number of carbonyl (C=O) groups excluding carboxylic acids is 3. The van der Waals surface area contributed by atoms with Gasteiger partial charge in [-0.2, -0.15) is 0 Å². The molecule has 1 aliphatic heterocycles. The molecule has 3 aromatic rings. The summed E-state index contributed by atoms with van der Waals surface area (Å²) < 4.78 is 5.31. The Labute approximate surface area is 199 Å². The van der Waals surface area contributed by atoms with Crippen molar-refractivity contribution >= 4 is 17.7 Å². The van der Waals surface area contributed by atoms with Gasteiger partial charge < -0.3 is 20.0 Å². The third kappa shape index (κ3) is 5.73. The molecule has 0 spiro atoms. The summed E-state index contributed by atoms with van der Waals surface area (Å²) in [5.41, 5.74) is 2.14. The number of piperidine rings is 1. The lowest BCUT2D eigenvalue weighted by molar-refractivity contribution is -0.124. The van der Waals surface area contributed by atoms with Crippen LogP contribution in [-0.2, 0) is 11.3 Å². The molecule has 0 unspecified atom stereocenters. The molecule has 7 heteroatoms. The lowest BCUT2D eigenvalue weighted by Gasteiger charge is -2.36. The molecule has 2 heterocycles. The van der Waals surface area contributed by atoms with Crippen LogP contribution in [0, 0.1) is 12.8 Å². The molecule has 0 saturated carbocycles. The fourth-order valence-electron chi connectivity index (χ4n) is 4.30. The third-order valence-corrected chi connectivity index (χ3v) is 6.19. The van der Waals surface area contributed by atoms with Gasteiger partial charge in [0.05, 0.1) is 12.8 Å². The number of rotatable bonds is 7. The van der Waals surface area contributed by atoms with E-state index in [2.05, 4.69) is 10.6 Å². The molecule has 7 nitrogen and oxygen atoms in total. The molecule has 0 radical (unpaired) electrons. The second kappa shape index (κ2) is 10.8. The summed E-state index contributed by atoms with van der Waals surface area (Å²) in [7, 11) is 0. The SMILES string of the molecule is Cc1cccc(C(=O)N[C@@H](C(=O)NCc2ccco2)C2CCN(C(=O)c3ccccc3)CC2)c1. The summed E-state index contributed by atoms with van der Waals surface area (Å²) in [6.45, 7) is 3.22. The number of hydrogen-bond acceptors (Lipinski definition) is 4. The van der Waals surface area contributed by atoms with Crippen LogP contribution in [0.1, 0.15) is 44.9 Å². The Morgan fingerprint density at radius 2 is 1.71 bits per heavy atom. The predicted octanol–water partition coefficient (Wildman–Crippen LogP) is 3.56. The summed E-state index contributed by atoms with van der Waals surface area (Å²) in [5, 5.41) is 5.83. The molecule has 2 N–H and O–H groups in total. The molecule has 1 fully saturated rings. The number of aryl methyl sites for hydroxylation is 1. The van der Waals surface area contributed by atoms with Gasteiger partial charge in [0, 0.05) is 24.2 Å². The highest BCUT2D eigenvalue weighted by atomic mass is 16.3. The molecule has 34 heavy (non-hydrogen) atoms. The van der Waals surface area contributed by atoms with Crippen LogP contribution in [0.5, 0.6) is 0 Å². The first-order valence-electron chi connectivity index (χ1n) is 11.5. The third-order valence-electron chi connectivity index (χ3n) is 6.19. The van der Waals surface area contributed by atoms with Crippen molar-refractivity contribution in [3.63, 3.8) is 0 Å². The van der Waals surface area contributed by atoms with E-state index in [1.807, 2.05) is 42.2 Å². The van der Waals surface area contributed by atoms with Gasteiger partial charge in [-0.15, -0.1) is 0 Å². The van der Waals surface area contributed by atoms with E-state index in [4.69, 9.17) is 4.42 Å². The van der Waals surface area contributed by atoms with Crippen molar-refractivity contribution in [3.8, 4) is 0 Å². The quantitative estimate of drug-likeness (QED) is 0.565. The monoisotopic (exact) mass is 459 g/mol. The van der Waals surface area contributed by atoms with Crippen LogP contribution in [0.2, 0.25) is 0 Å². The molecule has 3 amide bonds. The van der Waals surface area contributed by atoms with Gasteiger partial charge in [0.15, 0.2) is 0 Å². The highest BCUT2D eigenvalue weighted by Crippen LogP contribution is 2.23. The number of benzene rings is 2. The smallest absolute Gasteiger partial charge is 0.253 e. The van der Waals surface area contributed by atoms with Gasteiger partial charge in [-0.3, -0.25) is 14.4 Å². The maximum absolute atomic E-state index is 13.2. The van der Waals surface area contributed by atoms with Gasteiger partial charge >= 0.3 is 0 Å². The first kappa shape index (κ1) is 23.3. The van der Waals surface area contributed by atoms with Gasteiger partial charge in [0.2, 0.25) is 5.91 Å². The van der Waals surface area contributed by atoms with Crippen LogP contribution in [-0.4, -0.2) is 41.8 Å². The van der Waals surface area contributed by atoms with E-state index in [9.17, 15) is 14.4 Å². The summed E-state index contributed by atoms with van der Waals surface area (Å²) in [5.74, 6) is -0.0119. The van der Waals surface area contributed by atoms with Gasteiger partial charge in [-0.1, -0.05) is 35.9 Å². The zero-order valence-electron chi connectivity index (χ0n) is 19.2. The Morgan fingerprint density at radius 3 is 2.38 bits per heavy atom. The molecule has 1 aromatic heterocycles. The van der Waals surface area contributed by atoms with Crippen molar-refractivity contribution in [1.29, 1.82) is 0 Å². The first-order chi connectivity index (χ1) is 16.5. The van der Waals surface area contributed by atoms with Crippen LogP contribution in [0.3, 0.4) is 0 Å². The van der Waals surface area contributed by atoms with Crippen LogP contribution < -0.4 is 10.6 Å². The fourth-order valence-corrected chi connectivity index (χ4v) is 4.30. The minimum Gasteiger partial charge on any atom is -0.467 e. The number of nitrogens with one attached hydrogen (secondary N) is 2. The van der Waals surface area contributed by atoms with E-state index in [1.165, 1.54) is 0 Å². The number of carbonyl (C=O) groups is 3. The van der Waals surface area contributed by atoms with Gasteiger partial charge in [-0.05, 0) is 62.1 Å². The van der Waals surface area contributed by atoms with E-state index in [-0.39, 0.29) is 30.2 Å². The van der Waals surface area contributed by atoms with E-state index >= 15 is 0 Å². The van der Waals surface area contributed by atoms with E-state index in [0.29, 0.717) is 42.8 Å². The zero-order chi connectivity index (χ0) is 23.9. The molecule has 1 atom stereocenters. The Kier molecular flexibility index (Phi) is 7.42.